The number of hydrogen-bond donors (Lipinski definition) is 2. The van der Waals surface area contributed by atoms with Crippen LogP contribution in [0.3, 0.4) is 0 Å². The van der Waals surface area contributed by atoms with Gasteiger partial charge in [-0.2, -0.15) is 0 Å². The van der Waals surface area contributed by atoms with Crippen LogP contribution in [0.25, 0.3) is 0 Å². The molecule has 374 valence electrons. The quantitative estimate of drug-likeness (QED) is 0.0546. The molecule has 4 amide bonds. The van der Waals surface area contributed by atoms with Crippen LogP contribution < -0.4 is 15.4 Å². The van der Waals surface area contributed by atoms with Crippen molar-refractivity contribution in [2.24, 2.45) is 0 Å². The molecule has 2 aromatic rings. The zero-order chi connectivity index (χ0) is 47.4. The van der Waals surface area contributed by atoms with Gasteiger partial charge in [0.25, 0.3) is 11.8 Å². The van der Waals surface area contributed by atoms with E-state index in [1.165, 1.54) is 0 Å². The van der Waals surface area contributed by atoms with Crippen LogP contribution in [0, 0.1) is 0 Å². The molecule has 0 aromatic heterocycles. The Morgan fingerprint density at radius 2 is 0.910 bits per heavy atom. The minimum atomic E-state index is -1.02. The molecule has 1 atom stereocenters. The summed E-state index contributed by atoms with van der Waals surface area (Å²) in [6.07, 6.45) is 0.951. The number of nitrogens with one attached hydrogen (secondary N) is 2. The van der Waals surface area contributed by atoms with Crippen molar-refractivity contribution in [2.75, 3.05) is 177 Å². The van der Waals surface area contributed by atoms with E-state index in [0.717, 1.165) is 11.2 Å². The van der Waals surface area contributed by atoms with Gasteiger partial charge in [0.2, 0.25) is 11.8 Å². The first-order valence-electron chi connectivity index (χ1n) is 22.7. The maximum absolute atomic E-state index is 13.2. The number of anilines is 1. The Morgan fingerprint density at radius 3 is 1.31 bits per heavy atom. The van der Waals surface area contributed by atoms with Gasteiger partial charge in [-0.25, -0.2) is 0 Å². The fourth-order valence-corrected chi connectivity index (χ4v) is 6.30. The van der Waals surface area contributed by atoms with Gasteiger partial charge in [0.1, 0.15) is 24.7 Å². The molecule has 0 radical (unpaired) electrons. The molecule has 0 aliphatic carbocycles. The van der Waals surface area contributed by atoms with Crippen molar-refractivity contribution in [2.45, 2.75) is 18.9 Å². The number of imide groups is 2. The number of carbonyl (C=O) groups excluding carboxylic acids is 5. The zero-order valence-corrected chi connectivity index (χ0v) is 38.3. The lowest BCUT2D eigenvalue weighted by molar-refractivity contribution is -0.136. The fourth-order valence-electron chi connectivity index (χ4n) is 6.30. The molecular weight excluding hydrogens is 883 g/mol. The lowest BCUT2D eigenvalue weighted by atomic mass is 10.0. The van der Waals surface area contributed by atoms with E-state index in [0.29, 0.717) is 189 Å². The Morgan fingerprint density at radius 1 is 0.507 bits per heavy atom. The first-order chi connectivity index (χ1) is 33.0. The van der Waals surface area contributed by atoms with Crippen LogP contribution in [0.5, 0.6) is 5.75 Å². The van der Waals surface area contributed by atoms with Crippen LogP contribution in [0.1, 0.15) is 43.9 Å². The number of nitrogens with zero attached hydrogens (tertiary/aromatic N) is 1. The molecule has 21 heteroatoms. The monoisotopic (exact) mass is 949 g/mol. The van der Waals surface area contributed by atoms with Crippen molar-refractivity contribution in [3.05, 3.63) is 59.2 Å². The summed E-state index contributed by atoms with van der Waals surface area (Å²) in [5.74, 6) is -1.49. The van der Waals surface area contributed by atoms with E-state index >= 15 is 0 Å². The Hall–Kier alpha value is -4.49. The van der Waals surface area contributed by atoms with Crippen molar-refractivity contribution in [1.29, 1.82) is 0 Å². The predicted molar refractivity (Wildman–Crippen MR) is 239 cm³/mol. The first kappa shape index (κ1) is 55.1. The molecule has 0 spiro atoms. The van der Waals surface area contributed by atoms with Gasteiger partial charge < -0.3 is 66.9 Å². The molecule has 67 heavy (non-hydrogen) atoms. The molecule has 2 aliphatic heterocycles. The summed E-state index contributed by atoms with van der Waals surface area (Å²) < 4.78 is 71.6. The highest BCUT2D eigenvalue weighted by molar-refractivity contribution is 6.25. The Kier molecular flexibility index (Phi) is 29.3. The van der Waals surface area contributed by atoms with Crippen LogP contribution in [-0.2, 0) is 66.4 Å². The van der Waals surface area contributed by atoms with Crippen molar-refractivity contribution in [3.63, 3.8) is 0 Å². The summed E-state index contributed by atoms with van der Waals surface area (Å²) in [6.45, 7) is 11.5. The SMILES string of the molecule is O=Cc1ccc(OCCOCCOCCOCCOCCOCCOCCOCCOCCOCCOCCOCCOCCNc2cccc3c2C(=O)N(C2CCC(=O)NC2=O)C3=O)cc1. The largest absolute Gasteiger partial charge is 0.491 e. The maximum Gasteiger partial charge on any atom is 0.264 e. The number of rotatable bonds is 43. The number of aldehydes is 1. The molecule has 1 unspecified atom stereocenters. The molecule has 2 N–H and O–H groups in total. The second-order valence-electron chi connectivity index (χ2n) is 14.5. The number of benzene rings is 2. The fraction of sp³-hybridized carbons (Fsp3) is 0.630. The molecule has 21 nitrogen and oxygen atoms in total. The van der Waals surface area contributed by atoms with Crippen molar-refractivity contribution in [3.8, 4) is 5.75 Å². The highest BCUT2D eigenvalue weighted by atomic mass is 16.6. The van der Waals surface area contributed by atoms with Gasteiger partial charge in [-0.15, -0.1) is 0 Å². The van der Waals surface area contributed by atoms with E-state index in [4.69, 9.17) is 61.6 Å². The van der Waals surface area contributed by atoms with Crippen LogP contribution in [0.4, 0.5) is 5.69 Å². The van der Waals surface area contributed by atoms with Gasteiger partial charge in [0.05, 0.1) is 170 Å². The first-order valence-corrected chi connectivity index (χ1v) is 22.7. The minimum absolute atomic E-state index is 0.0610. The van der Waals surface area contributed by atoms with Crippen LogP contribution in [-0.4, -0.2) is 213 Å². The summed E-state index contributed by atoms with van der Waals surface area (Å²) in [5, 5.41) is 5.33. The number of amides is 4. The third-order valence-electron chi connectivity index (χ3n) is 9.63. The van der Waals surface area contributed by atoms with Crippen molar-refractivity contribution in [1.82, 2.24) is 10.2 Å². The van der Waals surface area contributed by atoms with E-state index in [1.807, 2.05) is 0 Å². The molecule has 4 rings (SSSR count). The molecule has 1 fully saturated rings. The van der Waals surface area contributed by atoms with E-state index < -0.39 is 29.7 Å². The van der Waals surface area contributed by atoms with Gasteiger partial charge >= 0.3 is 0 Å². The number of piperidine rings is 1. The van der Waals surface area contributed by atoms with E-state index in [2.05, 4.69) is 10.6 Å². The average molecular weight is 950 g/mol. The van der Waals surface area contributed by atoms with E-state index in [-0.39, 0.29) is 24.0 Å². The summed E-state index contributed by atoms with van der Waals surface area (Å²) in [4.78, 5) is 61.6. The minimum Gasteiger partial charge on any atom is -0.491 e. The molecule has 0 saturated carbocycles. The van der Waals surface area contributed by atoms with Gasteiger partial charge in [0.15, 0.2) is 0 Å². The van der Waals surface area contributed by atoms with Gasteiger partial charge in [-0.1, -0.05) is 6.07 Å². The van der Waals surface area contributed by atoms with Crippen molar-refractivity contribution >= 4 is 35.6 Å². The maximum atomic E-state index is 13.2. The highest BCUT2D eigenvalue weighted by Gasteiger charge is 2.45. The molecule has 1 saturated heterocycles. The van der Waals surface area contributed by atoms with Crippen LogP contribution >= 0.6 is 0 Å². The lowest BCUT2D eigenvalue weighted by Gasteiger charge is -2.27. The molecule has 2 aliphatic rings. The van der Waals surface area contributed by atoms with Crippen molar-refractivity contribution < 1.29 is 85.6 Å². The van der Waals surface area contributed by atoms with Gasteiger partial charge in [0, 0.05) is 24.2 Å². The normalized spacial score (nSPS) is 14.7. The standard InChI is InChI=1S/C46H67N3O18/c50-36-37-4-6-38(7-5-37)67-35-34-66-33-32-65-31-30-64-29-28-63-27-26-62-25-24-61-23-22-60-21-20-59-19-18-58-17-16-57-15-14-56-13-12-55-11-10-47-40-3-1-2-39-43(40)46(54)49(45(39)53)41-8-9-42(51)48-44(41)52/h1-7,36,41,47H,8-35H2,(H,48,51,52). The molecular formula is C46H67N3O18. The van der Waals surface area contributed by atoms with Gasteiger partial charge in [-0.05, 0) is 42.8 Å². The smallest absolute Gasteiger partial charge is 0.264 e. The Balaban J connectivity index is 0.783. The van der Waals surface area contributed by atoms with Crippen LogP contribution in [0.2, 0.25) is 0 Å². The third-order valence-corrected chi connectivity index (χ3v) is 9.63. The number of carbonyl (C=O) groups is 5. The summed E-state index contributed by atoms with van der Waals surface area (Å²) in [5.41, 5.74) is 1.50. The van der Waals surface area contributed by atoms with Crippen LogP contribution in [0.15, 0.2) is 42.5 Å². The lowest BCUT2D eigenvalue weighted by Crippen LogP contribution is -2.54. The number of ether oxygens (including phenoxy) is 13. The summed E-state index contributed by atoms with van der Waals surface area (Å²) in [7, 11) is 0. The number of fused-ring (bicyclic) bond motifs is 1. The summed E-state index contributed by atoms with van der Waals surface area (Å²) in [6, 6.07) is 10.8. The highest BCUT2D eigenvalue weighted by Crippen LogP contribution is 2.32. The topological polar surface area (TPSA) is 233 Å². The predicted octanol–water partition coefficient (Wildman–Crippen LogP) is 1.59. The second kappa shape index (κ2) is 35.6. The van der Waals surface area contributed by atoms with E-state index in [1.54, 1.807) is 42.5 Å². The zero-order valence-electron chi connectivity index (χ0n) is 38.3. The molecule has 2 heterocycles. The second-order valence-corrected chi connectivity index (χ2v) is 14.5. The average Bonchev–Trinajstić information content (AvgIpc) is 3.59. The van der Waals surface area contributed by atoms with Gasteiger partial charge in [-0.3, -0.25) is 34.2 Å². The Labute approximate surface area is 391 Å². The molecule has 0 bridgehead atoms. The van der Waals surface area contributed by atoms with E-state index in [9.17, 15) is 24.0 Å². The summed E-state index contributed by atoms with van der Waals surface area (Å²) >= 11 is 0. The third kappa shape index (κ3) is 22.9. The Bertz CT molecular complexity index is 1700. The molecule has 2 aromatic carbocycles. The number of hydrogen-bond acceptors (Lipinski definition) is 19.